The minimum absolute atomic E-state index is 0.0457. The summed E-state index contributed by atoms with van der Waals surface area (Å²) in [6.07, 6.45) is 0.853. The number of nitrogens with zero attached hydrogens (tertiary/aromatic N) is 1. The number of hydrogen-bond acceptors (Lipinski definition) is 2. The van der Waals surface area contributed by atoms with E-state index in [9.17, 15) is 14.0 Å². The maximum Gasteiger partial charge on any atom is 0.227 e. The molecule has 0 heterocycles. The first-order valence-corrected chi connectivity index (χ1v) is 7.92. The van der Waals surface area contributed by atoms with Gasteiger partial charge < -0.3 is 10.6 Å². The molecule has 0 bridgehead atoms. The first kappa shape index (κ1) is 17.9. The molecule has 2 rings (SSSR count). The van der Waals surface area contributed by atoms with Crippen molar-refractivity contribution in [2.45, 2.75) is 19.3 Å². The van der Waals surface area contributed by atoms with E-state index in [1.165, 1.54) is 29.2 Å². The summed E-state index contributed by atoms with van der Waals surface area (Å²) in [5.74, 6) is -1.03. The average Bonchev–Trinajstić information content (AvgIpc) is 2.56. The zero-order valence-electron chi connectivity index (χ0n) is 13.0. The lowest BCUT2D eigenvalue weighted by Gasteiger charge is -2.22. The second-order valence-corrected chi connectivity index (χ2v) is 5.80. The summed E-state index contributed by atoms with van der Waals surface area (Å²) in [6.45, 7) is 0.167. The van der Waals surface area contributed by atoms with Crippen LogP contribution >= 0.6 is 11.6 Å². The molecule has 0 saturated carbocycles. The zero-order chi connectivity index (χ0) is 17.5. The first-order chi connectivity index (χ1) is 11.5. The molecule has 2 aromatic rings. The summed E-state index contributed by atoms with van der Waals surface area (Å²) in [4.78, 5) is 25.0. The fourth-order valence-corrected chi connectivity index (χ4v) is 2.40. The molecule has 24 heavy (non-hydrogen) atoms. The normalized spacial score (nSPS) is 10.4. The lowest BCUT2D eigenvalue weighted by molar-refractivity contribution is -0.119. The number of carbonyl (C=O) groups excluding carboxylic acids is 2. The van der Waals surface area contributed by atoms with Crippen LogP contribution in [0.1, 0.15) is 18.4 Å². The zero-order valence-corrected chi connectivity index (χ0v) is 13.8. The summed E-state index contributed by atoms with van der Waals surface area (Å²) < 4.78 is 13.1. The molecule has 0 aliphatic carbocycles. The summed E-state index contributed by atoms with van der Waals surface area (Å²) in [6, 6.07) is 12.8. The van der Waals surface area contributed by atoms with Crippen LogP contribution in [-0.4, -0.2) is 18.4 Å². The van der Waals surface area contributed by atoms with Gasteiger partial charge in [0.25, 0.3) is 0 Å². The van der Waals surface area contributed by atoms with E-state index in [4.69, 9.17) is 17.3 Å². The molecule has 4 nitrogen and oxygen atoms in total. The Morgan fingerprint density at radius 3 is 2.21 bits per heavy atom. The highest BCUT2D eigenvalue weighted by Crippen LogP contribution is 2.18. The van der Waals surface area contributed by atoms with Crippen LogP contribution in [0.3, 0.4) is 0 Å². The first-order valence-electron chi connectivity index (χ1n) is 7.54. The number of benzene rings is 2. The average molecular weight is 349 g/mol. The Kier molecular flexibility index (Phi) is 6.32. The minimum Gasteiger partial charge on any atom is -0.370 e. The van der Waals surface area contributed by atoms with Crippen LogP contribution in [0.5, 0.6) is 0 Å². The van der Waals surface area contributed by atoms with Crippen molar-refractivity contribution in [3.05, 3.63) is 64.9 Å². The molecule has 0 aliphatic heterocycles. The maximum absolute atomic E-state index is 13.1. The van der Waals surface area contributed by atoms with Crippen LogP contribution in [0, 0.1) is 5.82 Å². The van der Waals surface area contributed by atoms with Gasteiger partial charge in [-0.3, -0.25) is 9.59 Å². The van der Waals surface area contributed by atoms with Gasteiger partial charge in [-0.1, -0.05) is 23.7 Å². The van der Waals surface area contributed by atoms with Gasteiger partial charge in [0.15, 0.2) is 0 Å². The van der Waals surface area contributed by atoms with Gasteiger partial charge in [0.05, 0.1) is 0 Å². The number of rotatable bonds is 7. The summed E-state index contributed by atoms with van der Waals surface area (Å²) in [5, 5.41) is 0.638. The van der Waals surface area contributed by atoms with Crippen molar-refractivity contribution in [1.82, 2.24) is 0 Å². The Labute approximate surface area is 145 Å². The lowest BCUT2D eigenvalue weighted by Crippen LogP contribution is -2.34. The predicted octanol–water partition coefficient (Wildman–Crippen LogP) is 3.32. The number of nitrogens with two attached hydrogens (primary N) is 1. The monoisotopic (exact) mass is 348 g/mol. The van der Waals surface area contributed by atoms with Gasteiger partial charge in [-0.2, -0.15) is 0 Å². The van der Waals surface area contributed by atoms with Crippen molar-refractivity contribution in [3.63, 3.8) is 0 Å². The molecule has 0 aromatic heterocycles. The Hall–Kier alpha value is -2.40. The quantitative estimate of drug-likeness (QED) is 0.834. The van der Waals surface area contributed by atoms with E-state index in [2.05, 4.69) is 0 Å². The molecule has 0 atom stereocenters. The second kappa shape index (κ2) is 8.45. The molecule has 2 aromatic carbocycles. The number of halogens is 2. The number of carbonyl (C=O) groups is 2. The molecule has 0 fully saturated rings. The van der Waals surface area contributed by atoms with Gasteiger partial charge in [-0.15, -0.1) is 0 Å². The van der Waals surface area contributed by atoms with Crippen molar-refractivity contribution >= 4 is 29.1 Å². The van der Waals surface area contributed by atoms with E-state index in [0.717, 1.165) is 5.56 Å². The largest absolute Gasteiger partial charge is 0.370 e. The fraction of sp³-hybridized carbons (Fsp3) is 0.222. The molecule has 6 heteroatoms. The van der Waals surface area contributed by atoms with Crippen LogP contribution in [0.25, 0.3) is 0 Å². The summed E-state index contributed by atoms with van der Waals surface area (Å²) in [7, 11) is 0. The lowest BCUT2D eigenvalue weighted by atomic mass is 10.1. The van der Waals surface area contributed by atoms with E-state index in [1.807, 2.05) is 12.1 Å². The molecule has 0 radical (unpaired) electrons. The van der Waals surface area contributed by atoms with Crippen molar-refractivity contribution in [2.24, 2.45) is 5.73 Å². The van der Waals surface area contributed by atoms with E-state index in [1.54, 1.807) is 12.1 Å². The van der Waals surface area contributed by atoms with Gasteiger partial charge in [0.2, 0.25) is 11.8 Å². The molecule has 2 amide bonds. The SMILES string of the molecule is NC(=O)CCN(C(=O)CCc1ccc(Cl)cc1)c1ccc(F)cc1. The molecular weight excluding hydrogens is 331 g/mol. The Balaban J connectivity index is 2.07. The van der Waals surface area contributed by atoms with Crippen molar-refractivity contribution in [2.75, 3.05) is 11.4 Å². The number of amides is 2. The van der Waals surface area contributed by atoms with Crippen LogP contribution in [0.2, 0.25) is 5.02 Å². The third-order valence-corrected chi connectivity index (χ3v) is 3.81. The predicted molar refractivity (Wildman–Crippen MR) is 92.3 cm³/mol. The Morgan fingerprint density at radius 1 is 1.00 bits per heavy atom. The molecular formula is C18H18ClFN2O2. The minimum atomic E-state index is -0.493. The number of aryl methyl sites for hydroxylation is 1. The van der Waals surface area contributed by atoms with Crippen LogP contribution in [0.15, 0.2) is 48.5 Å². The standard InChI is InChI=1S/C18H18ClFN2O2/c19-14-4-1-13(2-5-14)3-10-18(24)22(12-11-17(21)23)16-8-6-15(20)7-9-16/h1-2,4-9H,3,10-12H2,(H2,21,23). The molecule has 0 aliphatic rings. The topological polar surface area (TPSA) is 63.4 Å². The van der Waals surface area contributed by atoms with Crippen molar-refractivity contribution in [1.29, 1.82) is 0 Å². The van der Waals surface area contributed by atoms with Crippen molar-refractivity contribution < 1.29 is 14.0 Å². The molecule has 0 spiro atoms. The molecule has 0 saturated heterocycles. The highest BCUT2D eigenvalue weighted by molar-refractivity contribution is 6.30. The number of anilines is 1. The van der Waals surface area contributed by atoms with Gasteiger partial charge >= 0.3 is 0 Å². The molecule has 2 N–H and O–H groups in total. The van der Waals surface area contributed by atoms with Crippen molar-refractivity contribution in [3.8, 4) is 0 Å². The Morgan fingerprint density at radius 2 is 1.62 bits per heavy atom. The maximum atomic E-state index is 13.1. The van der Waals surface area contributed by atoms with Gasteiger partial charge in [-0.05, 0) is 48.4 Å². The third kappa shape index (κ3) is 5.35. The number of primary amides is 1. The molecule has 0 unspecified atom stereocenters. The fourth-order valence-electron chi connectivity index (χ4n) is 2.28. The van der Waals surface area contributed by atoms with Gasteiger partial charge in [0.1, 0.15) is 5.82 Å². The summed E-state index contributed by atoms with van der Waals surface area (Å²) in [5.41, 5.74) is 6.70. The Bertz CT molecular complexity index is 702. The smallest absolute Gasteiger partial charge is 0.227 e. The van der Waals surface area contributed by atoms with E-state index < -0.39 is 5.91 Å². The number of hydrogen-bond donors (Lipinski definition) is 1. The highest BCUT2D eigenvalue weighted by atomic mass is 35.5. The van der Waals surface area contributed by atoms with Crippen LogP contribution < -0.4 is 10.6 Å². The van der Waals surface area contributed by atoms with E-state index in [-0.39, 0.29) is 31.1 Å². The van der Waals surface area contributed by atoms with Gasteiger partial charge in [-0.25, -0.2) is 4.39 Å². The van der Waals surface area contributed by atoms with E-state index >= 15 is 0 Å². The van der Waals surface area contributed by atoms with E-state index in [0.29, 0.717) is 17.1 Å². The second-order valence-electron chi connectivity index (χ2n) is 5.36. The van der Waals surface area contributed by atoms with Gasteiger partial charge in [0, 0.05) is 30.1 Å². The van der Waals surface area contributed by atoms with Crippen LogP contribution in [-0.2, 0) is 16.0 Å². The molecule has 126 valence electrons. The highest BCUT2D eigenvalue weighted by Gasteiger charge is 2.16. The van der Waals surface area contributed by atoms with Crippen LogP contribution in [0.4, 0.5) is 10.1 Å². The third-order valence-electron chi connectivity index (χ3n) is 3.56. The summed E-state index contributed by atoms with van der Waals surface area (Å²) >= 11 is 5.84.